The van der Waals surface area contributed by atoms with Gasteiger partial charge in [-0.25, -0.2) is 14.8 Å². The summed E-state index contributed by atoms with van der Waals surface area (Å²) in [6.07, 6.45) is 10.8. The maximum atomic E-state index is 13.4. The molecule has 0 spiro atoms. The average molecular weight is 737 g/mol. The second kappa shape index (κ2) is 18.5. The van der Waals surface area contributed by atoms with E-state index >= 15 is 0 Å². The number of ether oxygens (including phenoxy) is 2. The van der Waals surface area contributed by atoms with E-state index in [1.807, 2.05) is 69.0 Å². The van der Waals surface area contributed by atoms with Gasteiger partial charge in [0.25, 0.3) is 0 Å². The number of anilines is 1. The summed E-state index contributed by atoms with van der Waals surface area (Å²) in [6.45, 7) is 6.76. The van der Waals surface area contributed by atoms with E-state index in [1.54, 1.807) is 11.1 Å². The van der Waals surface area contributed by atoms with Gasteiger partial charge in [-0.2, -0.15) is 5.10 Å². The molecule has 3 aromatic rings. The highest BCUT2D eigenvalue weighted by molar-refractivity contribution is 6.33. The number of aromatic nitrogens is 4. The summed E-state index contributed by atoms with van der Waals surface area (Å²) in [5.41, 5.74) is 3.10. The second-order valence-electron chi connectivity index (χ2n) is 14.8. The van der Waals surface area contributed by atoms with E-state index < -0.39 is 11.7 Å². The molecule has 0 atom stereocenters. The molecule has 3 N–H and O–H groups in total. The maximum absolute atomic E-state index is 13.4. The molecule has 2 aliphatic rings. The molecule has 1 aromatic carbocycles. The Bertz CT molecular complexity index is 1630. The predicted octanol–water partition coefficient (Wildman–Crippen LogP) is 5.67. The standard InChI is InChI=1S/C38H53ClN8O5/c1-38(2,3)52-34(49)23-40-18-8-9-19-41-33(48)24-47(37(50)51-25-27-10-6-5-7-11-27)29-16-14-28(15-17-29)44-36-42-22-31(39)35(45-36)30-21-43-46(4)32(30)20-26-12-13-26/h5-7,10-11,21-22,26,28-29,40H,8-9,12-20,23-25H2,1-4H3,(H,41,48)(H,42,44,45). The lowest BCUT2D eigenvalue weighted by molar-refractivity contribution is -0.153. The van der Waals surface area contributed by atoms with Crippen LogP contribution in [-0.2, 0) is 39.1 Å². The molecule has 0 radical (unpaired) electrons. The zero-order chi connectivity index (χ0) is 37.1. The first-order chi connectivity index (χ1) is 24.9. The van der Waals surface area contributed by atoms with Crippen LogP contribution < -0.4 is 16.0 Å². The van der Waals surface area contributed by atoms with Crippen molar-refractivity contribution in [1.29, 1.82) is 0 Å². The van der Waals surface area contributed by atoms with Gasteiger partial charge in [0.05, 0.1) is 29.7 Å². The molecule has 0 aliphatic heterocycles. The van der Waals surface area contributed by atoms with Crippen LogP contribution in [-0.4, -0.2) is 86.5 Å². The number of aryl methyl sites for hydroxylation is 1. The topological polar surface area (TPSA) is 153 Å². The number of unbranched alkanes of at least 4 members (excludes halogenated alkanes) is 1. The van der Waals surface area contributed by atoms with Crippen molar-refractivity contribution in [3.05, 3.63) is 59.0 Å². The van der Waals surface area contributed by atoms with E-state index in [9.17, 15) is 14.4 Å². The lowest BCUT2D eigenvalue weighted by Crippen LogP contribution is -2.48. The van der Waals surface area contributed by atoms with Crippen LogP contribution in [0.4, 0.5) is 10.7 Å². The van der Waals surface area contributed by atoms with Gasteiger partial charge in [-0.3, -0.25) is 19.2 Å². The quantitative estimate of drug-likeness (QED) is 0.117. The molecule has 282 valence electrons. The van der Waals surface area contributed by atoms with Crippen molar-refractivity contribution >= 4 is 35.5 Å². The number of nitrogens with zero attached hydrogens (tertiary/aromatic N) is 5. The Balaban J connectivity index is 1.12. The summed E-state index contributed by atoms with van der Waals surface area (Å²) in [5, 5.41) is 14.5. The molecule has 0 saturated heterocycles. The number of rotatable bonds is 17. The number of hydrogen-bond donors (Lipinski definition) is 3. The van der Waals surface area contributed by atoms with Gasteiger partial charge >= 0.3 is 12.1 Å². The number of hydrogen-bond acceptors (Lipinski definition) is 10. The van der Waals surface area contributed by atoms with Gasteiger partial charge < -0.3 is 25.4 Å². The molecule has 2 heterocycles. The zero-order valence-electron chi connectivity index (χ0n) is 30.8. The van der Waals surface area contributed by atoms with Gasteiger partial charge in [-0.05, 0) is 96.6 Å². The van der Waals surface area contributed by atoms with E-state index in [0.29, 0.717) is 48.5 Å². The Labute approximate surface area is 311 Å². The minimum atomic E-state index is -0.516. The molecule has 2 fully saturated rings. The highest BCUT2D eigenvalue weighted by Gasteiger charge is 2.32. The number of nitrogens with one attached hydrogen (secondary N) is 3. The van der Waals surface area contributed by atoms with E-state index in [2.05, 4.69) is 26.0 Å². The van der Waals surface area contributed by atoms with Crippen LogP contribution in [0.15, 0.2) is 42.7 Å². The summed E-state index contributed by atoms with van der Waals surface area (Å²) in [7, 11) is 1.95. The molecule has 0 bridgehead atoms. The number of carbonyl (C=O) groups is 3. The maximum Gasteiger partial charge on any atom is 0.410 e. The van der Waals surface area contributed by atoms with Crippen molar-refractivity contribution in [2.24, 2.45) is 13.0 Å². The van der Waals surface area contributed by atoms with Gasteiger partial charge in [0.1, 0.15) is 18.8 Å². The van der Waals surface area contributed by atoms with Crippen molar-refractivity contribution in [2.75, 3.05) is 31.5 Å². The first kappa shape index (κ1) is 39.0. The van der Waals surface area contributed by atoms with Gasteiger partial charge in [0.15, 0.2) is 0 Å². The Morgan fingerprint density at radius 3 is 2.44 bits per heavy atom. The van der Waals surface area contributed by atoms with Gasteiger partial charge in [-0.1, -0.05) is 41.9 Å². The monoisotopic (exact) mass is 736 g/mol. The fraction of sp³-hybridized carbons (Fsp3) is 0.579. The van der Waals surface area contributed by atoms with Gasteiger partial charge in [0.2, 0.25) is 11.9 Å². The molecule has 14 heteroatoms. The third kappa shape index (κ3) is 12.2. The molecule has 52 heavy (non-hydrogen) atoms. The molecule has 2 saturated carbocycles. The minimum absolute atomic E-state index is 0.0880. The fourth-order valence-corrected chi connectivity index (χ4v) is 6.56. The number of halogens is 1. The highest BCUT2D eigenvalue weighted by atomic mass is 35.5. The first-order valence-corrected chi connectivity index (χ1v) is 18.8. The zero-order valence-corrected chi connectivity index (χ0v) is 31.6. The second-order valence-corrected chi connectivity index (χ2v) is 15.2. The number of carbonyl (C=O) groups excluding carboxylic acids is 3. The molecule has 13 nitrogen and oxygen atoms in total. The van der Waals surface area contributed by atoms with Crippen LogP contribution in [0.3, 0.4) is 0 Å². The van der Waals surface area contributed by atoms with E-state index in [1.165, 1.54) is 12.8 Å². The molecular weight excluding hydrogens is 684 g/mol. The van der Waals surface area contributed by atoms with Crippen LogP contribution in [0.25, 0.3) is 11.3 Å². The van der Waals surface area contributed by atoms with E-state index in [-0.39, 0.29) is 43.7 Å². The van der Waals surface area contributed by atoms with Crippen LogP contribution in [0, 0.1) is 5.92 Å². The molecule has 0 unspecified atom stereocenters. The minimum Gasteiger partial charge on any atom is -0.459 e. The van der Waals surface area contributed by atoms with Gasteiger partial charge in [-0.15, -0.1) is 0 Å². The summed E-state index contributed by atoms with van der Waals surface area (Å²) in [5.74, 6) is 0.658. The third-order valence-corrected chi connectivity index (χ3v) is 9.53. The third-order valence-electron chi connectivity index (χ3n) is 9.26. The summed E-state index contributed by atoms with van der Waals surface area (Å²) >= 11 is 6.59. The Morgan fingerprint density at radius 2 is 1.73 bits per heavy atom. The van der Waals surface area contributed by atoms with E-state index in [0.717, 1.165) is 48.9 Å². The Kier molecular flexibility index (Phi) is 13.9. The Hall–Kier alpha value is -4.23. The summed E-state index contributed by atoms with van der Waals surface area (Å²) in [6, 6.07) is 9.43. The smallest absolute Gasteiger partial charge is 0.410 e. The van der Waals surface area contributed by atoms with Crippen molar-refractivity contribution < 1.29 is 23.9 Å². The molecule has 2 aromatic heterocycles. The van der Waals surface area contributed by atoms with Crippen molar-refractivity contribution in [2.45, 2.75) is 103 Å². The summed E-state index contributed by atoms with van der Waals surface area (Å²) < 4.78 is 12.9. The SMILES string of the molecule is Cn1ncc(-c2nc(NC3CCC(N(CC(=O)NCCCCNCC(=O)OC(C)(C)C)C(=O)OCc4ccccc4)CC3)ncc2Cl)c1CC1CC1. The summed E-state index contributed by atoms with van der Waals surface area (Å²) in [4.78, 5) is 49.2. The normalized spacial score (nSPS) is 17.3. The molecule has 2 aliphatic carbocycles. The van der Waals surface area contributed by atoms with Crippen molar-refractivity contribution in [1.82, 2.24) is 35.3 Å². The van der Waals surface area contributed by atoms with Crippen LogP contribution >= 0.6 is 11.6 Å². The lowest BCUT2D eigenvalue weighted by atomic mass is 9.90. The van der Waals surface area contributed by atoms with Crippen LogP contribution in [0.2, 0.25) is 5.02 Å². The van der Waals surface area contributed by atoms with Crippen LogP contribution in [0.1, 0.15) is 83.4 Å². The Morgan fingerprint density at radius 1 is 1.00 bits per heavy atom. The molecular formula is C38H53ClN8O5. The predicted molar refractivity (Wildman–Crippen MR) is 200 cm³/mol. The lowest BCUT2D eigenvalue weighted by Gasteiger charge is -2.36. The highest BCUT2D eigenvalue weighted by Crippen LogP contribution is 2.37. The molecule has 2 amide bonds. The number of esters is 1. The van der Waals surface area contributed by atoms with Gasteiger partial charge in [0, 0.05) is 36.9 Å². The number of benzene rings is 1. The largest absolute Gasteiger partial charge is 0.459 e. The van der Waals surface area contributed by atoms with Crippen molar-refractivity contribution in [3.8, 4) is 11.3 Å². The average Bonchev–Trinajstić information content (AvgIpc) is 3.87. The first-order valence-electron chi connectivity index (χ1n) is 18.4. The van der Waals surface area contributed by atoms with Crippen molar-refractivity contribution in [3.63, 3.8) is 0 Å². The van der Waals surface area contributed by atoms with E-state index in [4.69, 9.17) is 26.1 Å². The number of amides is 2. The molecule has 5 rings (SSSR count). The fourth-order valence-electron chi connectivity index (χ4n) is 6.36. The van der Waals surface area contributed by atoms with Crippen LogP contribution in [0.5, 0.6) is 0 Å².